The van der Waals surface area contributed by atoms with Crippen molar-refractivity contribution < 1.29 is 24.0 Å². The van der Waals surface area contributed by atoms with Crippen LogP contribution in [0.2, 0.25) is 0 Å². The fraction of sp³-hybridized carbons (Fsp3) is 0.844. The van der Waals surface area contributed by atoms with Gasteiger partial charge in [-0.1, -0.05) is 70.6 Å². The number of imide groups is 1. The smallest absolute Gasteiger partial charge is 0.429 e. The molecule has 38 heavy (non-hydrogen) atoms. The minimum atomic E-state index is -0.940. The van der Waals surface area contributed by atoms with E-state index in [9.17, 15) is 14.4 Å². The van der Waals surface area contributed by atoms with E-state index < -0.39 is 18.0 Å². The van der Waals surface area contributed by atoms with Crippen molar-refractivity contribution >= 4 is 18.0 Å². The van der Waals surface area contributed by atoms with E-state index in [1.807, 2.05) is 0 Å². The van der Waals surface area contributed by atoms with Crippen LogP contribution in [-0.4, -0.2) is 29.1 Å². The summed E-state index contributed by atoms with van der Waals surface area (Å²) < 4.78 is 5.60. The summed E-state index contributed by atoms with van der Waals surface area (Å²) in [6.45, 7) is 12.3. The number of nitrogens with zero attached hydrogens (tertiary/aromatic N) is 1. The molecule has 0 aromatic carbocycles. The van der Waals surface area contributed by atoms with Crippen molar-refractivity contribution in [1.29, 1.82) is 0 Å². The molecule has 0 N–H and O–H groups in total. The van der Waals surface area contributed by atoms with Crippen LogP contribution < -0.4 is 0 Å². The summed E-state index contributed by atoms with van der Waals surface area (Å²) in [5.41, 5.74) is 2.10. The van der Waals surface area contributed by atoms with Crippen molar-refractivity contribution in [2.24, 2.45) is 46.3 Å². The van der Waals surface area contributed by atoms with Gasteiger partial charge in [0, 0.05) is 19.3 Å². The molecule has 6 nitrogen and oxygen atoms in total. The third-order valence-corrected chi connectivity index (χ3v) is 11.7. The third kappa shape index (κ3) is 4.94. The van der Waals surface area contributed by atoms with Crippen LogP contribution in [0.5, 0.6) is 0 Å². The van der Waals surface area contributed by atoms with Crippen molar-refractivity contribution in [2.75, 3.05) is 0 Å². The topological polar surface area (TPSA) is 72.9 Å². The average molecular weight is 528 g/mol. The molecule has 6 heteroatoms. The molecule has 1 aliphatic heterocycles. The number of fused-ring (bicyclic) bond motifs is 5. The first kappa shape index (κ1) is 27.7. The second-order valence-electron chi connectivity index (χ2n) is 14.2. The molecule has 3 saturated carbocycles. The Balaban J connectivity index is 1.21. The summed E-state index contributed by atoms with van der Waals surface area (Å²) in [7, 11) is 0. The molecular weight excluding hydrogens is 478 g/mol. The van der Waals surface area contributed by atoms with Gasteiger partial charge >= 0.3 is 6.16 Å². The molecule has 0 aromatic heterocycles. The standard InChI is InChI=1S/C32H49NO5/c1-20(2)7-6-8-21(3)25-11-12-26-24-10-9-22-19-23(37-30(36)38-33-28(34)13-14-29(33)35)15-17-31(22,4)27(24)16-18-32(25,26)5/h9,20-21,23-27H,6-8,10-19H2,1-5H3. The fourth-order valence-electron chi connectivity index (χ4n) is 9.64. The average Bonchev–Trinajstić information content (AvgIpc) is 3.38. The minimum absolute atomic E-state index is 0.0845. The zero-order valence-electron chi connectivity index (χ0n) is 24.3. The lowest BCUT2D eigenvalue weighted by atomic mass is 9.47. The van der Waals surface area contributed by atoms with E-state index in [0.717, 1.165) is 55.3 Å². The Morgan fingerprint density at radius 1 is 1.00 bits per heavy atom. The molecular formula is C32H49NO5. The molecule has 0 radical (unpaired) electrons. The second-order valence-corrected chi connectivity index (χ2v) is 14.2. The number of allylic oxidation sites excluding steroid dienone is 1. The number of hydrogen-bond acceptors (Lipinski definition) is 5. The lowest BCUT2D eigenvalue weighted by Crippen LogP contribution is -2.51. The SMILES string of the molecule is CC(C)CCCC(C)C1CCC2C3CC=C4CC(OC(=O)ON5C(=O)CCC5=O)CCC4(C)C3CCC12C. The second kappa shape index (κ2) is 10.6. The van der Waals surface area contributed by atoms with Gasteiger partial charge in [-0.05, 0) is 91.3 Å². The van der Waals surface area contributed by atoms with E-state index in [4.69, 9.17) is 9.57 Å². The van der Waals surface area contributed by atoms with Gasteiger partial charge in [0.15, 0.2) is 0 Å². The van der Waals surface area contributed by atoms with Crippen molar-refractivity contribution in [3.8, 4) is 0 Å². The molecule has 1 heterocycles. The molecule has 5 rings (SSSR count). The maximum Gasteiger partial charge on any atom is 0.534 e. The van der Waals surface area contributed by atoms with Gasteiger partial charge in [-0.2, -0.15) is 0 Å². The third-order valence-electron chi connectivity index (χ3n) is 11.7. The molecule has 4 aliphatic carbocycles. The van der Waals surface area contributed by atoms with Crippen LogP contribution in [0.1, 0.15) is 118 Å². The highest BCUT2D eigenvalue weighted by atomic mass is 16.8. The monoisotopic (exact) mass is 527 g/mol. The van der Waals surface area contributed by atoms with Crippen LogP contribution in [0.25, 0.3) is 0 Å². The van der Waals surface area contributed by atoms with Crippen molar-refractivity contribution in [3.05, 3.63) is 11.6 Å². The summed E-state index contributed by atoms with van der Waals surface area (Å²) in [5, 5.41) is 0.568. The first-order chi connectivity index (χ1) is 18.0. The molecule has 0 bridgehead atoms. The van der Waals surface area contributed by atoms with Gasteiger partial charge in [-0.15, -0.1) is 0 Å². The van der Waals surface area contributed by atoms with Crippen molar-refractivity contribution in [2.45, 2.75) is 124 Å². The van der Waals surface area contributed by atoms with Crippen LogP contribution in [0.15, 0.2) is 11.6 Å². The van der Waals surface area contributed by atoms with E-state index in [-0.39, 0.29) is 24.4 Å². The molecule has 8 atom stereocenters. The molecule has 212 valence electrons. The number of carbonyl (C=O) groups excluding carboxylic acids is 3. The zero-order chi connectivity index (χ0) is 27.2. The van der Waals surface area contributed by atoms with Gasteiger partial charge in [-0.3, -0.25) is 14.4 Å². The molecule has 4 fully saturated rings. The van der Waals surface area contributed by atoms with Crippen LogP contribution in [-0.2, 0) is 19.2 Å². The van der Waals surface area contributed by atoms with Gasteiger partial charge in [0.1, 0.15) is 6.10 Å². The molecule has 0 spiro atoms. The maximum absolute atomic E-state index is 12.4. The van der Waals surface area contributed by atoms with E-state index in [2.05, 4.69) is 40.7 Å². The van der Waals surface area contributed by atoms with Crippen LogP contribution in [0, 0.1) is 46.3 Å². The van der Waals surface area contributed by atoms with Crippen LogP contribution in [0.4, 0.5) is 4.79 Å². The molecule has 1 saturated heterocycles. The van der Waals surface area contributed by atoms with Gasteiger partial charge in [0.25, 0.3) is 11.8 Å². The molecule has 0 aromatic rings. The summed E-state index contributed by atoms with van der Waals surface area (Å²) in [6, 6.07) is 0. The maximum atomic E-state index is 12.4. The summed E-state index contributed by atoms with van der Waals surface area (Å²) in [6.07, 6.45) is 14.7. The predicted molar refractivity (Wildman–Crippen MR) is 145 cm³/mol. The van der Waals surface area contributed by atoms with Crippen molar-refractivity contribution in [3.63, 3.8) is 0 Å². The molecule has 2 amide bonds. The van der Waals surface area contributed by atoms with Crippen molar-refractivity contribution in [1.82, 2.24) is 5.06 Å². The van der Waals surface area contributed by atoms with Gasteiger partial charge in [-0.25, -0.2) is 4.79 Å². The number of rotatable bonds is 7. The zero-order valence-corrected chi connectivity index (χ0v) is 24.3. The Labute approximate surface area is 229 Å². The normalized spacial score (nSPS) is 39.4. The first-order valence-electron chi connectivity index (χ1n) is 15.5. The van der Waals surface area contributed by atoms with Gasteiger partial charge < -0.3 is 4.74 Å². The number of hydrogen-bond donors (Lipinski definition) is 0. The van der Waals surface area contributed by atoms with Gasteiger partial charge in [0.05, 0.1) is 0 Å². The van der Waals surface area contributed by atoms with E-state index in [0.29, 0.717) is 16.4 Å². The first-order valence-corrected chi connectivity index (χ1v) is 15.5. The van der Waals surface area contributed by atoms with Crippen LogP contribution >= 0.6 is 0 Å². The summed E-state index contributed by atoms with van der Waals surface area (Å²) >= 11 is 0. The van der Waals surface area contributed by atoms with E-state index in [1.165, 1.54) is 50.5 Å². The van der Waals surface area contributed by atoms with Gasteiger partial charge in [0.2, 0.25) is 0 Å². The fourth-order valence-corrected chi connectivity index (χ4v) is 9.64. The highest BCUT2D eigenvalue weighted by molar-refractivity contribution is 6.01. The van der Waals surface area contributed by atoms with Crippen LogP contribution in [0.3, 0.4) is 0 Å². The Bertz CT molecular complexity index is 957. The largest absolute Gasteiger partial charge is 0.534 e. The summed E-state index contributed by atoms with van der Waals surface area (Å²) in [4.78, 5) is 40.9. The molecule has 8 unspecified atom stereocenters. The number of ether oxygens (including phenoxy) is 1. The molecule has 5 aliphatic rings. The predicted octanol–water partition coefficient (Wildman–Crippen LogP) is 7.61. The highest BCUT2D eigenvalue weighted by Gasteiger charge is 2.59. The summed E-state index contributed by atoms with van der Waals surface area (Å²) in [5.74, 6) is 3.84. The quantitative estimate of drug-likeness (QED) is 0.193. The number of carbonyl (C=O) groups is 3. The Kier molecular flexibility index (Phi) is 7.74. The lowest BCUT2D eigenvalue weighted by Gasteiger charge is -2.58. The Morgan fingerprint density at radius 3 is 2.45 bits per heavy atom. The number of amides is 2. The lowest BCUT2D eigenvalue weighted by molar-refractivity contribution is -0.179. The Morgan fingerprint density at radius 2 is 1.74 bits per heavy atom. The van der Waals surface area contributed by atoms with E-state index >= 15 is 0 Å². The minimum Gasteiger partial charge on any atom is -0.429 e. The number of hydroxylamine groups is 2. The Hall–Kier alpha value is -1.85. The highest BCUT2D eigenvalue weighted by Crippen LogP contribution is 2.67. The van der Waals surface area contributed by atoms with E-state index in [1.54, 1.807) is 0 Å².